The van der Waals surface area contributed by atoms with Gasteiger partial charge in [0.15, 0.2) is 11.6 Å². The van der Waals surface area contributed by atoms with Crippen LogP contribution in [0.1, 0.15) is 0 Å². The van der Waals surface area contributed by atoms with Crippen LogP contribution in [-0.2, 0) is 4.79 Å². The highest BCUT2D eigenvalue weighted by Gasteiger charge is 2.15. The largest absolute Gasteiger partial charge is 0.411 e. The van der Waals surface area contributed by atoms with Gasteiger partial charge in [-0.15, -0.1) is 10.2 Å². The molecule has 0 radical (unpaired) electrons. The number of benzene rings is 2. The lowest BCUT2D eigenvalue weighted by Crippen LogP contribution is -2.14. The number of H-pyrrole nitrogens is 1. The molecule has 0 bridgehead atoms. The number of halogens is 2. The molecule has 0 spiro atoms. The van der Waals surface area contributed by atoms with Gasteiger partial charge in [-0.1, -0.05) is 30.0 Å². The van der Waals surface area contributed by atoms with Gasteiger partial charge in [-0.25, -0.2) is 8.78 Å². The molecule has 0 fully saturated rings. The summed E-state index contributed by atoms with van der Waals surface area (Å²) in [7, 11) is 0. The van der Waals surface area contributed by atoms with Gasteiger partial charge < -0.3 is 14.7 Å². The molecule has 0 aliphatic rings. The van der Waals surface area contributed by atoms with Crippen molar-refractivity contribution in [1.29, 1.82) is 0 Å². The van der Waals surface area contributed by atoms with Crippen molar-refractivity contribution in [3.63, 3.8) is 0 Å². The van der Waals surface area contributed by atoms with E-state index in [9.17, 15) is 13.6 Å². The van der Waals surface area contributed by atoms with E-state index in [1.165, 1.54) is 6.07 Å². The molecule has 136 valence electrons. The fourth-order valence-electron chi connectivity index (χ4n) is 2.52. The number of carbonyl (C=O) groups is 1. The lowest BCUT2D eigenvalue weighted by Gasteiger charge is -2.04. The van der Waals surface area contributed by atoms with Crippen molar-refractivity contribution in [1.82, 2.24) is 15.2 Å². The molecule has 1 amide bonds. The van der Waals surface area contributed by atoms with Gasteiger partial charge >= 0.3 is 0 Å². The first-order chi connectivity index (χ1) is 13.1. The normalized spacial score (nSPS) is 11.0. The van der Waals surface area contributed by atoms with Crippen molar-refractivity contribution >= 4 is 34.3 Å². The molecule has 4 aromatic rings. The summed E-state index contributed by atoms with van der Waals surface area (Å²) in [5.74, 6) is -2.08. The van der Waals surface area contributed by atoms with Gasteiger partial charge in [-0.2, -0.15) is 0 Å². The van der Waals surface area contributed by atoms with E-state index in [0.717, 1.165) is 40.4 Å². The zero-order valence-electron chi connectivity index (χ0n) is 13.7. The van der Waals surface area contributed by atoms with Crippen LogP contribution in [0.5, 0.6) is 0 Å². The van der Waals surface area contributed by atoms with E-state index >= 15 is 0 Å². The van der Waals surface area contributed by atoms with Crippen LogP contribution in [0, 0.1) is 11.6 Å². The van der Waals surface area contributed by atoms with E-state index in [1.54, 1.807) is 6.20 Å². The molecule has 4 rings (SSSR count). The van der Waals surface area contributed by atoms with E-state index in [2.05, 4.69) is 20.5 Å². The summed E-state index contributed by atoms with van der Waals surface area (Å²) in [5, 5.41) is 11.6. The van der Waals surface area contributed by atoms with E-state index < -0.39 is 17.5 Å². The number of thioether (sulfide) groups is 1. The smallest absolute Gasteiger partial charge is 0.277 e. The van der Waals surface area contributed by atoms with E-state index in [1.807, 2.05) is 24.3 Å². The molecular weight excluding hydrogens is 374 g/mol. The monoisotopic (exact) mass is 386 g/mol. The average Bonchev–Trinajstić information content (AvgIpc) is 3.29. The maximum absolute atomic E-state index is 13.2. The standard InChI is InChI=1S/C18H12F2N4O2S/c19-13-6-5-10(7-14(13)20)22-16(25)9-27-18-24-23-17(26-18)12-8-21-15-4-2-1-3-11(12)15/h1-8,21H,9H2,(H,22,25). The predicted molar refractivity (Wildman–Crippen MR) is 97.3 cm³/mol. The van der Waals surface area contributed by atoms with Gasteiger partial charge in [-0.05, 0) is 18.2 Å². The molecule has 2 aromatic heterocycles. The van der Waals surface area contributed by atoms with Crippen molar-refractivity contribution in [3.05, 3.63) is 60.3 Å². The molecule has 2 aromatic carbocycles. The van der Waals surface area contributed by atoms with Crippen molar-refractivity contribution in [2.45, 2.75) is 5.22 Å². The average molecular weight is 386 g/mol. The number of aromatic amines is 1. The second-order valence-electron chi connectivity index (χ2n) is 5.59. The minimum Gasteiger partial charge on any atom is -0.411 e. The Morgan fingerprint density at radius 3 is 2.85 bits per heavy atom. The third-order valence-corrected chi connectivity index (χ3v) is 4.57. The molecule has 2 heterocycles. The molecule has 0 saturated carbocycles. The number of nitrogens with one attached hydrogen (secondary N) is 2. The van der Waals surface area contributed by atoms with Crippen LogP contribution in [0.25, 0.3) is 22.4 Å². The van der Waals surface area contributed by atoms with Gasteiger partial charge in [0.1, 0.15) is 0 Å². The third-order valence-electron chi connectivity index (χ3n) is 3.76. The van der Waals surface area contributed by atoms with Crippen LogP contribution in [0.2, 0.25) is 0 Å². The molecule has 2 N–H and O–H groups in total. The first kappa shape index (κ1) is 17.2. The lowest BCUT2D eigenvalue weighted by molar-refractivity contribution is -0.113. The SMILES string of the molecule is O=C(CSc1nnc(-c2c[nH]c3ccccc23)o1)Nc1ccc(F)c(F)c1. The molecular formula is C18H12F2N4O2S. The second kappa shape index (κ2) is 7.20. The Morgan fingerprint density at radius 2 is 2.00 bits per heavy atom. The molecule has 0 aliphatic heterocycles. The first-order valence-corrected chi connectivity index (χ1v) is 8.86. The van der Waals surface area contributed by atoms with Gasteiger partial charge in [0.05, 0.1) is 11.3 Å². The summed E-state index contributed by atoms with van der Waals surface area (Å²) >= 11 is 1.05. The fourth-order valence-corrected chi connectivity index (χ4v) is 3.09. The summed E-state index contributed by atoms with van der Waals surface area (Å²) in [4.78, 5) is 15.1. The molecule has 0 saturated heterocycles. The minimum absolute atomic E-state index is 0.0193. The number of hydrogen-bond donors (Lipinski definition) is 2. The highest BCUT2D eigenvalue weighted by Crippen LogP contribution is 2.29. The van der Waals surface area contributed by atoms with Crippen LogP contribution in [0.4, 0.5) is 14.5 Å². The summed E-state index contributed by atoms with van der Waals surface area (Å²) in [5.41, 5.74) is 1.89. The molecule has 6 nitrogen and oxygen atoms in total. The number of amides is 1. The Balaban J connectivity index is 1.41. The maximum Gasteiger partial charge on any atom is 0.277 e. The van der Waals surface area contributed by atoms with Gasteiger partial charge in [0.2, 0.25) is 5.91 Å². The number of fused-ring (bicyclic) bond motifs is 1. The molecule has 9 heteroatoms. The van der Waals surface area contributed by atoms with Crippen molar-refractivity contribution in [3.8, 4) is 11.5 Å². The third kappa shape index (κ3) is 3.68. The van der Waals surface area contributed by atoms with E-state index in [4.69, 9.17) is 4.42 Å². The number of rotatable bonds is 5. The summed E-state index contributed by atoms with van der Waals surface area (Å²) in [6.07, 6.45) is 1.78. The quantitative estimate of drug-likeness (QED) is 0.502. The Kier molecular flexibility index (Phi) is 4.59. The lowest BCUT2D eigenvalue weighted by atomic mass is 10.2. The molecule has 0 unspecified atom stereocenters. The highest BCUT2D eigenvalue weighted by atomic mass is 32.2. The predicted octanol–water partition coefficient (Wildman–Crippen LogP) is 4.23. The zero-order chi connectivity index (χ0) is 18.8. The summed E-state index contributed by atoms with van der Waals surface area (Å²) < 4.78 is 31.7. The Labute approximate surface area is 156 Å². The number of para-hydroxylation sites is 1. The second-order valence-corrected chi connectivity index (χ2v) is 6.51. The number of anilines is 1. The Bertz CT molecular complexity index is 1130. The molecule has 0 atom stereocenters. The topological polar surface area (TPSA) is 83.8 Å². The number of carbonyl (C=O) groups excluding carboxylic acids is 1. The van der Waals surface area contributed by atoms with Gasteiger partial charge in [0.25, 0.3) is 11.1 Å². The number of aromatic nitrogens is 3. The zero-order valence-corrected chi connectivity index (χ0v) is 14.5. The summed E-state index contributed by atoms with van der Waals surface area (Å²) in [6.45, 7) is 0. The van der Waals surface area contributed by atoms with E-state index in [0.29, 0.717) is 5.89 Å². The first-order valence-electron chi connectivity index (χ1n) is 7.88. The van der Waals surface area contributed by atoms with Crippen LogP contribution in [-0.4, -0.2) is 26.8 Å². The van der Waals surface area contributed by atoms with Crippen LogP contribution in [0.15, 0.2) is 58.3 Å². The van der Waals surface area contributed by atoms with Crippen LogP contribution < -0.4 is 5.32 Å². The molecule has 0 aliphatic carbocycles. The fraction of sp³-hybridized carbons (Fsp3) is 0.0556. The van der Waals surface area contributed by atoms with Crippen LogP contribution >= 0.6 is 11.8 Å². The summed E-state index contributed by atoms with van der Waals surface area (Å²) in [6, 6.07) is 10.9. The van der Waals surface area contributed by atoms with Crippen molar-refractivity contribution < 1.29 is 18.0 Å². The van der Waals surface area contributed by atoms with Gasteiger partial charge in [-0.3, -0.25) is 4.79 Å². The van der Waals surface area contributed by atoms with Gasteiger partial charge in [0, 0.05) is 28.9 Å². The van der Waals surface area contributed by atoms with Crippen LogP contribution in [0.3, 0.4) is 0 Å². The number of nitrogens with zero attached hydrogens (tertiary/aromatic N) is 2. The van der Waals surface area contributed by atoms with E-state index in [-0.39, 0.29) is 16.7 Å². The minimum atomic E-state index is -1.03. The number of hydrogen-bond acceptors (Lipinski definition) is 5. The van der Waals surface area contributed by atoms with Crippen molar-refractivity contribution in [2.75, 3.05) is 11.1 Å². The maximum atomic E-state index is 13.2. The van der Waals surface area contributed by atoms with Crippen molar-refractivity contribution in [2.24, 2.45) is 0 Å². The Hall–Kier alpha value is -3.20. The molecule has 27 heavy (non-hydrogen) atoms. The highest BCUT2D eigenvalue weighted by molar-refractivity contribution is 7.99. The Morgan fingerprint density at radius 1 is 1.15 bits per heavy atom.